The Labute approximate surface area is 97.9 Å². The van der Waals surface area contributed by atoms with Gasteiger partial charge in [0.15, 0.2) is 0 Å². The van der Waals surface area contributed by atoms with E-state index in [0.717, 1.165) is 0 Å². The molecule has 0 rings (SSSR count). The van der Waals surface area contributed by atoms with E-state index >= 15 is 0 Å². The largest absolute Gasteiger partial charge is 0.490 e. The molecule has 13 heteroatoms. The molecule has 0 aromatic heterocycles. The SMILES string of the molecule is COC(F)(F)C(F)(Cl)ON(C(F)(F)F)C(F)(F)F. The fourth-order valence-electron chi connectivity index (χ4n) is 0.534. The summed E-state index contributed by atoms with van der Waals surface area (Å²) in [5, 5.41) is -8.13. The molecule has 0 amide bonds. The minimum atomic E-state index is -6.35. The zero-order valence-corrected chi connectivity index (χ0v) is 8.80. The van der Waals surface area contributed by atoms with Crippen molar-refractivity contribution in [3.8, 4) is 0 Å². The number of alkyl halides is 10. The van der Waals surface area contributed by atoms with Gasteiger partial charge in [-0.1, -0.05) is 0 Å². The molecule has 1 atom stereocenters. The molecule has 0 aliphatic heterocycles. The summed E-state index contributed by atoms with van der Waals surface area (Å²) in [5.74, 6) is 0. The summed E-state index contributed by atoms with van der Waals surface area (Å²) >= 11 is 4.13. The minimum Gasteiger partial charge on any atom is -0.318 e. The van der Waals surface area contributed by atoms with Gasteiger partial charge < -0.3 is 4.74 Å². The number of ether oxygens (including phenoxy) is 1. The summed E-state index contributed by atoms with van der Waals surface area (Å²) in [4.78, 5) is 2.43. The molecule has 0 aromatic rings. The van der Waals surface area contributed by atoms with Crippen LogP contribution in [0, 0.1) is 0 Å². The molecule has 110 valence electrons. The Bertz CT molecular complexity index is 274. The quantitative estimate of drug-likeness (QED) is 0.344. The summed E-state index contributed by atoms with van der Waals surface area (Å²) in [5.41, 5.74) is 0. The first-order valence-corrected chi connectivity index (χ1v) is 3.96. The summed E-state index contributed by atoms with van der Waals surface area (Å²) in [6, 6.07) is 0. The van der Waals surface area contributed by atoms with Gasteiger partial charge >= 0.3 is 24.0 Å². The lowest BCUT2D eigenvalue weighted by atomic mass is 10.6. The lowest BCUT2D eigenvalue weighted by Crippen LogP contribution is -2.55. The highest BCUT2D eigenvalue weighted by molar-refractivity contribution is 6.22. The second-order valence-electron chi connectivity index (χ2n) is 2.56. The third kappa shape index (κ3) is 4.03. The lowest BCUT2D eigenvalue weighted by Gasteiger charge is -2.32. The average Bonchev–Trinajstić information content (AvgIpc) is 2.10. The maximum absolute atomic E-state index is 12.8. The molecule has 18 heavy (non-hydrogen) atoms. The Morgan fingerprint density at radius 3 is 1.39 bits per heavy atom. The van der Waals surface area contributed by atoms with E-state index in [9.17, 15) is 39.5 Å². The van der Waals surface area contributed by atoms with Crippen molar-refractivity contribution in [1.29, 1.82) is 0 Å². The number of rotatable bonds is 4. The highest BCUT2D eigenvalue weighted by atomic mass is 35.5. The maximum atomic E-state index is 12.8. The highest BCUT2D eigenvalue weighted by Crippen LogP contribution is 2.43. The van der Waals surface area contributed by atoms with Crippen LogP contribution < -0.4 is 0 Å². The molecule has 0 fully saturated rings. The Hall–Kier alpha value is -0.460. The molecule has 0 heterocycles. The maximum Gasteiger partial charge on any atom is 0.490 e. The molecule has 0 aliphatic rings. The summed E-state index contributed by atoms with van der Waals surface area (Å²) in [6.45, 7) is 0. The fraction of sp³-hybridized carbons (Fsp3) is 1.00. The van der Waals surface area contributed by atoms with Gasteiger partial charge in [-0.05, 0) is 11.6 Å². The molecule has 0 bridgehead atoms. The first-order valence-electron chi connectivity index (χ1n) is 3.59. The summed E-state index contributed by atoms with van der Waals surface area (Å²) < 4.78 is 112. The highest BCUT2D eigenvalue weighted by Gasteiger charge is 2.65. The molecule has 0 saturated heterocycles. The van der Waals surface area contributed by atoms with E-state index in [4.69, 9.17) is 0 Å². The van der Waals surface area contributed by atoms with Crippen LogP contribution in [0.4, 0.5) is 39.5 Å². The van der Waals surface area contributed by atoms with Crippen molar-refractivity contribution < 1.29 is 49.1 Å². The van der Waals surface area contributed by atoms with Gasteiger partial charge in [-0.2, -0.15) is 39.5 Å². The summed E-state index contributed by atoms with van der Waals surface area (Å²) in [6.07, 6.45) is -18.0. The zero-order valence-electron chi connectivity index (χ0n) is 8.04. The van der Waals surface area contributed by atoms with Gasteiger partial charge in [0.1, 0.15) is 0 Å². The third-order valence-corrected chi connectivity index (χ3v) is 1.55. The van der Waals surface area contributed by atoms with Gasteiger partial charge in [-0.3, -0.25) is 0 Å². The standard InChI is InChI=1S/C5H3ClF9NO2/c1-17-3(8,9)2(6,7)18-16(4(10,11)12)5(13,14)15/h1H3. The number of hydrogen-bond acceptors (Lipinski definition) is 3. The van der Waals surface area contributed by atoms with Gasteiger partial charge in [0.25, 0.3) is 0 Å². The lowest BCUT2D eigenvalue weighted by molar-refractivity contribution is -0.528. The van der Waals surface area contributed by atoms with Crippen molar-refractivity contribution in [2.75, 3.05) is 7.11 Å². The Morgan fingerprint density at radius 2 is 1.17 bits per heavy atom. The first-order chi connectivity index (χ1) is 7.65. The fourth-order valence-corrected chi connectivity index (χ4v) is 0.680. The van der Waals surface area contributed by atoms with Crippen LogP contribution in [0.2, 0.25) is 0 Å². The molecule has 0 saturated carbocycles. The summed E-state index contributed by atoms with van der Waals surface area (Å²) in [7, 11) is 0.0889. The van der Waals surface area contributed by atoms with E-state index in [1.165, 1.54) is 0 Å². The zero-order chi connectivity index (χ0) is 15.0. The van der Waals surface area contributed by atoms with Crippen LogP contribution in [-0.2, 0) is 9.57 Å². The van der Waals surface area contributed by atoms with Gasteiger partial charge in [0.2, 0.25) is 0 Å². The number of methoxy groups -OCH3 is 1. The molecule has 0 aromatic carbocycles. The molecule has 1 unspecified atom stereocenters. The van der Waals surface area contributed by atoms with Gasteiger partial charge in [0, 0.05) is 12.2 Å². The second-order valence-corrected chi connectivity index (χ2v) is 3.05. The van der Waals surface area contributed by atoms with E-state index in [1.54, 1.807) is 0 Å². The molecule has 0 radical (unpaired) electrons. The topological polar surface area (TPSA) is 21.7 Å². The predicted molar refractivity (Wildman–Crippen MR) is 36.7 cm³/mol. The van der Waals surface area contributed by atoms with Crippen LogP contribution in [0.5, 0.6) is 0 Å². The molecular formula is C5H3ClF9NO2. The van der Waals surface area contributed by atoms with E-state index < -0.39 is 29.1 Å². The number of halogens is 10. The van der Waals surface area contributed by atoms with E-state index in [0.29, 0.717) is 0 Å². The number of nitrogens with zero attached hydrogens (tertiary/aromatic N) is 1. The van der Waals surface area contributed by atoms with Gasteiger partial charge in [0.05, 0.1) is 0 Å². The molecule has 0 aliphatic carbocycles. The number of hydrogen-bond donors (Lipinski definition) is 0. The minimum absolute atomic E-state index is 0.0889. The van der Waals surface area contributed by atoms with Crippen molar-refractivity contribution in [2.45, 2.75) is 24.0 Å². The second kappa shape index (κ2) is 4.90. The smallest absolute Gasteiger partial charge is 0.318 e. The number of hydroxylamine groups is 2. The van der Waals surface area contributed by atoms with Crippen LogP contribution in [0.3, 0.4) is 0 Å². The molecular weight excluding hydrogens is 312 g/mol. The van der Waals surface area contributed by atoms with Crippen LogP contribution in [0.15, 0.2) is 0 Å². The normalized spacial score (nSPS) is 18.0. The van der Waals surface area contributed by atoms with Crippen LogP contribution in [0.25, 0.3) is 0 Å². The van der Waals surface area contributed by atoms with Crippen molar-refractivity contribution in [3.63, 3.8) is 0 Å². The van der Waals surface area contributed by atoms with Crippen molar-refractivity contribution in [3.05, 3.63) is 0 Å². The van der Waals surface area contributed by atoms with Crippen molar-refractivity contribution in [1.82, 2.24) is 5.06 Å². The van der Waals surface area contributed by atoms with E-state index in [2.05, 4.69) is 21.2 Å². The van der Waals surface area contributed by atoms with Crippen LogP contribution in [-0.4, -0.2) is 36.2 Å². The predicted octanol–water partition coefficient (Wildman–Crippen LogP) is 3.36. The Balaban J connectivity index is 5.25. The monoisotopic (exact) mass is 315 g/mol. The van der Waals surface area contributed by atoms with Crippen molar-refractivity contribution >= 4 is 11.6 Å². The molecule has 0 N–H and O–H groups in total. The van der Waals surface area contributed by atoms with E-state index in [1.807, 2.05) is 0 Å². The molecule has 0 spiro atoms. The first kappa shape index (κ1) is 17.5. The van der Waals surface area contributed by atoms with Gasteiger partial charge in [-0.15, -0.1) is 0 Å². The Morgan fingerprint density at radius 1 is 0.833 bits per heavy atom. The molecule has 3 nitrogen and oxygen atoms in total. The van der Waals surface area contributed by atoms with Crippen LogP contribution in [0.1, 0.15) is 0 Å². The third-order valence-electron chi connectivity index (χ3n) is 1.26. The van der Waals surface area contributed by atoms with Crippen molar-refractivity contribution in [2.24, 2.45) is 0 Å². The van der Waals surface area contributed by atoms with Crippen LogP contribution >= 0.6 is 11.6 Å². The Kier molecular flexibility index (Phi) is 4.78. The average molecular weight is 316 g/mol. The van der Waals surface area contributed by atoms with E-state index in [-0.39, 0.29) is 7.11 Å². The van der Waals surface area contributed by atoms with Gasteiger partial charge in [-0.25, -0.2) is 4.84 Å².